The number of carbonyl (C=O) groups excluding carboxylic acids is 1. The van der Waals surface area contributed by atoms with E-state index < -0.39 is 40.5 Å². The van der Waals surface area contributed by atoms with Crippen LogP contribution in [0, 0.1) is 0 Å². The summed E-state index contributed by atoms with van der Waals surface area (Å²) in [5.41, 5.74) is -0.610. The number of carbonyl (C=O) groups is 1. The van der Waals surface area contributed by atoms with Crippen LogP contribution in [0.3, 0.4) is 0 Å². The molecule has 1 aromatic carbocycles. The van der Waals surface area contributed by atoms with Gasteiger partial charge in [0.2, 0.25) is 0 Å². The van der Waals surface area contributed by atoms with E-state index >= 15 is 0 Å². The minimum Gasteiger partial charge on any atom is -0.398 e. The van der Waals surface area contributed by atoms with Crippen LogP contribution in [0.15, 0.2) is 12.1 Å². The molecule has 0 saturated heterocycles. The Bertz CT molecular complexity index is 488. The van der Waals surface area contributed by atoms with Crippen molar-refractivity contribution in [3.8, 4) is 0 Å². The first-order valence-corrected chi connectivity index (χ1v) is 4.54. The molecule has 0 heterocycles. The molecule has 0 spiro atoms. The number of rotatable bonds is 1. The van der Waals surface area contributed by atoms with Gasteiger partial charge < -0.3 is 5.73 Å². The third-order valence-corrected chi connectivity index (χ3v) is 2.18. The monoisotopic (exact) mass is 271 g/mol. The van der Waals surface area contributed by atoms with Crippen molar-refractivity contribution in [3.05, 3.63) is 28.8 Å². The van der Waals surface area contributed by atoms with Crippen LogP contribution >= 0.6 is 0 Å². The van der Waals surface area contributed by atoms with Gasteiger partial charge in [0, 0.05) is 5.69 Å². The third-order valence-electron chi connectivity index (χ3n) is 2.18. The minimum atomic E-state index is -5.32. The molecule has 0 amide bonds. The molecule has 0 aromatic heterocycles. The fraction of sp³-hybridized carbons (Fsp3) is 0.300. The Hall–Kier alpha value is -1.73. The summed E-state index contributed by atoms with van der Waals surface area (Å²) in [5.74, 6) is -1.18. The Morgan fingerprint density at radius 1 is 1.06 bits per heavy atom. The lowest BCUT2D eigenvalue weighted by atomic mass is 9.96. The minimum absolute atomic E-state index is 0.213. The van der Waals surface area contributed by atoms with E-state index in [9.17, 15) is 31.1 Å². The van der Waals surface area contributed by atoms with Crippen molar-refractivity contribution in [2.75, 3.05) is 5.73 Å². The molecule has 0 saturated carbocycles. The first-order valence-electron chi connectivity index (χ1n) is 4.54. The maximum atomic E-state index is 12.7. The lowest BCUT2D eigenvalue weighted by Gasteiger charge is -2.19. The number of nitrogens with two attached hydrogens (primary N) is 1. The summed E-state index contributed by atoms with van der Waals surface area (Å²) < 4.78 is 75.5. The van der Waals surface area contributed by atoms with Crippen molar-refractivity contribution in [1.82, 2.24) is 0 Å². The zero-order valence-corrected chi connectivity index (χ0v) is 8.91. The van der Waals surface area contributed by atoms with Gasteiger partial charge in [-0.2, -0.15) is 26.3 Å². The third kappa shape index (κ3) is 2.57. The summed E-state index contributed by atoms with van der Waals surface area (Å²) in [5, 5.41) is 0. The van der Waals surface area contributed by atoms with E-state index in [-0.39, 0.29) is 6.07 Å². The maximum Gasteiger partial charge on any atom is 0.417 e. The van der Waals surface area contributed by atoms with Crippen LogP contribution < -0.4 is 5.73 Å². The molecule has 0 aliphatic heterocycles. The zero-order valence-electron chi connectivity index (χ0n) is 8.91. The number of nitrogen functional groups attached to an aromatic ring is 1. The van der Waals surface area contributed by atoms with Gasteiger partial charge in [0.05, 0.1) is 16.7 Å². The molecule has 0 aliphatic carbocycles. The van der Waals surface area contributed by atoms with Crippen LogP contribution in [-0.4, -0.2) is 5.78 Å². The van der Waals surface area contributed by atoms with Crippen LogP contribution in [0.1, 0.15) is 28.4 Å². The van der Waals surface area contributed by atoms with Crippen molar-refractivity contribution >= 4 is 11.5 Å². The van der Waals surface area contributed by atoms with Crippen molar-refractivity contribution in [3.63, 3.8) is 0 Å². The number of halogens is 6. The largest absolute Gasteiger partial charge is 0.417 e. The summed E-state index contributed by atoms with van der Waals surface area (Å²) in [7, 11) is 0. The summed E-state index contributed by atoms with van der Waals surface area (Å²) in [4.78, 5) is 11.1. The molecule has 8 heteroatoms. The van der Waals surface area contributed by atoms with Gasteiger partial charge in [0.25, 0.3) is 0 Å². The van der Waals surface area contributed by atoms with Gasteiger partial charge in [0.1, 0.15) is 0 Å². The first-order chi connectivity index (χ1) is 7.96. The van der Waals surface area contributed by atoms with Gasteiger partial charge in [-0.1, -0.05) is 0 Å². The van der Waals surface area contributed by atoms with E-state index in [2.05, 4.69) is 0 Å². The number of Topliss-reactive ketones (excluding diaryl/α,β-unsaturated/α-hetero) is 1. The lowest BCUT2D eigenvalue weighted by Crippen LogP contribution is -2.21. The quantitative estimate of drug-likeness (QED) is 0.482. The van der Waals surface area contributed by atoms with Crippen LogP contribution in [0.5, 0.6) is 0 Å². The van der Waals surface area contributed by atoms with E-state index in [4.69, 9.17) is 5.73 Å². The zero-order chi connectivity index (χ0) is 14.3. The Kier molecular flexibility index (Phi) is 3.33. The van der Waals surface area contributed by atoms with Crippen molar-refractivity contribution in [2.24, 2.45) is 0 Å². The van der Waals surface area contributed by atoms with Crippen LogP contribution in [0.2, 0.25) is 0 Å². The molecule has 0 aliphatic rings. The average molecular weight is 271 g/mol. The van der Waals surface area contributed by atoms with Crippen LogP contribution in [0.4, 0.5) is 32.0 Å². The van der Waals surface area contributed by atoms with Gasteiger partial charge in [-0.15, -0.1) is 0 Å². The van der Waals surface area contributed by atoms with E-state index in [0.717, 1.165) is 6.92 Å². The van der Waals surface area contributed by atoms with E-state index in [0.29, 0.717) is 6.07 Å². The normalized spacial score (nSPS) is 12.6. The molecule has 0 bridgehead atoms. The van der Waals surface area contributed by atoms with Gasteiger partial charge in [0.15, 0.2) is 5.78 Å². The molecule has 1 aromatic rings. The number of ketones is 1. The number of hydrogen-bond donors (Lipinski definition) is 1. The molecule has 18 heavy (non-hydrogen) atoms. The highest BCUT2D eigenvalue weighted by Gasteiger charge is 2.46. The Morgan fingerprint density at radius 3 is 1.89 bits per heavy atom. The highest BCUT2D eigenvalue weighted by Crippen LogP contribution is 2.43. The van der Waals surface area contributed by atoms with Crippen molar-refractivity contribution < 1.29 is 31.1 Å². The van der Waals surface area contributed by atoms with E-state index in [1.165, 1.54) is 0 Å². The summed E-state index contributed by atoms with van der Waals surface area (Å²) in [6.07, 6.45) is -10.5. The number of anilines is 1. The standard InChI is InChI=1S/C10H7F6NO/c1-4(18)7-6(17)3-2-5(9(11,12)13)8(7)10(14,15)16/h2-3H,17H2,1H3. The molecule has 0 fully saturated rings. The highest BCUT2D eigenvalue weighted by molar-refractivity contribution is 6.01. The average Bonchev–Trinajstić information content (AvgIpc) is 2.12. The molecule has 100 valence electrons. The summed E-state index contributed by atoms with van der Waals surface area (Å²) >= 11 is 0. The second-order valence-corrected chi connectivity index (χ2v) is 3.50. The van der Waals surface area contributed by atoms with Gasteiger partial charge in [-0.3, -0.25) is 4.79 Å². The second-order valence-electron chi connectivity index (χ2n) is 3.50. The van der Waals surface area contributed by atoms with Gasteiger partial charge in [-0.05, 0) is 19.1 Å². The first kappa shape index (κ1) is 14.3. The summed E-state index contributed by atoms with van der Waals surface area (Å²) in [6, 6.07) is 0.847. The second kappa shape index (κ2) is 4.18. The topological polar surface area (TPSA) is 43.1 Å². The summed E-state index contributed by atoms with van der Waals surface area (Å²) in [6.45, 7) is 0.723. The van der Waals surface area contributed by atoms with Crippen molar-refractivity contribution in [1.29, 1.82) is 0 Å². The molecular formula is C10H7F6NO. The fourth-order valence-electron chi connectivity index (χ4n) is 1.53. The number of benzene rings is 1. The fourth-order valence-corrected chi connectivity index (χ4v) is 1.53. The predicted octanol–water partition coefficient (Wildman–Crippen LogP) is 3.51. The smallest absolute Gasteiger partial charge is 0.398 e. The molecule has 0 radical (unpaired) electrons. The molecule has 0 atom stereocenters. The highest BCUT2D eigenvalue weighted by atomic mass is 19.4. The van der Waals surface area contributed by atoms with Crippen molar-refractivity contribution in [2.45, 2.75) is 19.3 Å². The van der Waals surface area contributed by atoms with Gasteiger partial charge >= 0.3 is 12.4 Å². The molecular weight excluding hydrogens is 264 g/mol. The Morgan fingerprint density at radius 2 is 1.56 bits per heavy atom. The van der Waals surface area contributed by atoms with Gasteiger partial charge in [-0.25, -0.2) is 0 Å². The van der Waals surface area contributed by atoms with E-state index in [1.807, 2.05) is 0 Å². The Balaban J connectivity index is 3.78. The van der Waals surface area contributed by atoms with E-state index in [1.54, 1.807) is 0 Å². The molecule has 0 unspecified atom stereocenters. The molecule has 2 N–H and O–H groups in total. The van der Waals surface area contributed by atoms with Crippen LogP contribution in [-0.2, 0) is 12.4 Å². The molecule has 2 nitrogen and oxygen atoms in total. The molecule has 1 rings (SSSR count). The maximum absolute atomic E-state index is 12.7. The number of alkyl halides is 6. The van der Waals surface area contributed by atoms with Crippen LogP contribution in [0.25, 0.3) is 0 Å². The SMILES string of the molecule is CC(=O)c1c(N)ccc(C(F)(F)F)c1C(F)(F)F. The predicted molar refractivity (Wildman–Crippen MR) is 50.9 cm³/mol. The lowest BCUT2D eigenvalue weighted by molar-refractivity contribution is -0.162. The Labute approximate surface area is 97.4 Å². The number of hydrogen-bond acceptors (Lipinski definition) is 2.